The SMILES string of the molecule is CCCNC(CSc1cnn(C)c1)C(=O)OC. The van der Waals surface area contributed by atoms with Crippen LogP contribution in [0.3, 0.4) is 0 Å². The van der Waals surface area contributed by atoms with E-state index in [2.05, 4.69) is 17.3 Å². The Morgan fingerprint density at radius 3 is 3.00 bits per heavy atom. The van der Waals surface area contributed by atoms with Crippen LogP contribution in [-0.4, -0.2) is 41.2 Å². The van der Waals surface area contributed by atoms with Gasteiger partial charge in [0.2, 0.25) is 0 Å². The first-order valence-electron chi connectivity index (χ1n) is 5.60. The number of methoxy groups -OCH3 is 1. The van der Waals surface area contributed by atoms with Gasteiger partial charge < -0.3 is 10.1 Å². The van der Waals surface area contributed by atoms with Crippen LogP contribution >= 0.6 is 11.8 Å². The Kier molecular flexibility index (Phi) is 6.07. The van der Waals surface area contributed by atoms with Gasteiger partial charge in [-0.1, -0.05) is 6.92 Å². The molecule has 0 saturated carbocycles. The first-order chi connectivity index (χ1) is 8.17. The van der Waals surface area contributed by atoms with Gasteiger partial charge >= 0.3 is 5.97 Å². The second-order valence-corrected chi connectivity index (χ2v) is 4.78. The van der Waals surface area contributed by atoms with Crippen LogP contribution in [0.2, 0.25) is 0 Å². The predicted octanol–water partition coefficient (Wildman–Crippen LogP) is 1.05. The molecule has 1 aromatic heterocycles. The third kappa shape index (κ3) is 4.79. The smallest absolute Gasteiger partial charge is 0.323 e. The Hall–Kier alpha value is -1.01. The molecule has 0 amide bonds. The summed E-state index contributed by atoms with van der Waals surface area (Å²) in [6.45, 7) is 2.88. The van der Waals surface area contributed by atoms with Crippen molar-refractivity contribution in [2.24, 2.45) is 7.05 Å². The van der Waals surface area contributed by atoms with Gasteiger partial charge in [0.1, 0.15) is 6.04 Å². The first-order valence-corrected chi connectivity index (χ1v) is 6.58. The minimum Gasteiger partial charge on any atom is -0.468 e. The zero-order valence-electron chi connectivity index (χ0n) is 10.5. The molecule has 5 nitrogen and oxygen atoms in total. The number of carbonyl (C=O) groups is 1. The van der Waals surface area contributed by atoms with Crippen LogP contribution in [0.25, 0.3) is 0 Å². The highest BCUT2D eigenvalue weighted by Gasteiger charge is 2.18. The Balaban J connectivity index is 2.45. The molecule has 0 aliphatic carbocycles. The summed E-state index contributed by atoms with van der Waals surface area (Å²) in [5.74, 6) is 0.438. The molecule has 0 saturated heterocycles. The second-order valence-electron chi connectivity index (χ2n) is 3.69. The van der Waals surface area contributed by atoms with Crippen LogP contribution < -0.4 is 5.32 Å². The van der Waals surface area contributed by atoms with Crippen LogP contribution in [0, 0.1) is 0 Å². The third-order valence-corrected chi connectivity index (χ3v) is 3.27. The van der Waals surface area contributed by atoms with Crippen molar-refractivity contribution in [3.63, 3.8) is 0 Å². The standard InChI is InChI=1S/C11H19N3O2S/c1-4-5-12-10(11(15)16-3)8-17-9-6-13-14(2)7-9/h6-7,10,12H,4-5,8H2,1-3H3. The lowest BCUT2D eigenvalue weighted by atomic mass is 10.3. The minimum atomic E-state index is -0.259. The van der Waals surface area contributed by atoms with Crippen molar-refractivity contribution < 1.29 is 9.53 Å². The summed E-state index contributed by atoms with van der Waals surface area (Å²) < 4.78 is 6.51. The van der Waals surface area contributed by atoms with Gasteiger partial charge in [-0.05, 0) is 13.0 Å². The number of aromatic nitrogens is 2. The number of ether oxygens (including phenoxy) is 1. The number of carbonyl (C=O) groups excluding carboxylic acids is 1. The van der Waals surface area contributed by atoms with E-state index in [1.165, 1.54) is 7.11 Å². The van der Waals surface area contributed by atoms with Crippen LogP contribution in [0.1, 0.15) is 13.3 Å². The highest BCUT2D eigenvalue weighted by molar-refractivity contribution is 7.99. The van der Waals surface area contributed by atoms with E-state index >= 15 is 0 Å². The number of esters is 1. The highest BCUT2D eigenvalue weighted by Crippen LogP contribution is 2.17. The average Bonchev–Trinajstić information content (AvgIpc) is 2.74. The summed E-state index contributed by atoms with van der Waals surface area (Å²) >= 11 is 1.60. The van der Waals surface area contributed by atoms with Gasteiger partial charge in [0.15, 0.2) is 0 Å². The quantitative estimate of drug-likeness (QED) is 0.584. The minimum absolute atomic E-state index is 0.213. The van der Waals surface area contributed by atoms with Crippen LogP contribution in [0.5, 0.6) is 0 Å². The summed E-state index contributed by atoms with van der Waals surface area (Å²) in [5, 5.41) is 7.26. The van der Waals surface area contributed by atoms with Crippen molar-refractivity contribution >= 4 is 17.7 Å². The molecule has 1 heterocycles. The van der Waals surface area contributed by atoms with Gasteiger partial charge in [0.25, 0.3) is 0 Å². The highest BCUT2D eigenvalue weighted by atomic mass is 32.2. The van der Waals surface area contributed by atoms with E-state index in [1.54, 1.807) is 22.6 Å². The van der Waals surface area contributed by atoms with Crippen molar-refractivity contribution in [3.05, 3.63) is 12.4 Å². The van der Waals surface area contributed by atoms with E-state index in [0.29, 0.717) is 5.75 Å². The molecule has 1 aromatic rings. The Labute approximate surface area is 106 Å². The number of hydrogen-bond donors (Lipinski definition) is 1. The Morgan fingerprint density at radius 1 is 1.71 bits per heavy atom. The molecule has 17 heavy (non-hydrogen) atoms. The van der Waals surface area contributed by atoms with E-state index in [4.69, 9.17) is 4.74 Å². The van der Waals surface area contributed by atoms with E-state index in [9.17, 15) is 4.79 Å². The lowest BCUT2D eigenvalue weighted by molar-refractivity contribution is -0.142. The van der Waals surface area contributed by atoms with E-state index in [1.807, 2.05) is 13.2 Å². The van der Waals surface area contributed by atoms with Gasteiger partial charge in [-0.2, -0.15) is 5.10 Å². The van der Waals surface area contributed by atoms with Crippen LogP contribution in [-0.2, 0) is 16.6 Å². The molecule has 0 fully saturated rings. The van der Waals surface area contributed by atoms with E-state index < -0.39 is 0 Å². The fourth-order valence-corrected chi connectivity index (χ4v) is 2.29. The summed E-state index contributed by atoms with van der Waals surface area (Å²) in [6, 6.07) is -0.259. The first kappa shape index (κ1) is 14.1. The van der Waals surface area contributed by atoms with Crippen molar-refractivity contribution in [1.29, 1.82) is 0 Å². The number of rotatable bonds is 7. The molecule has 0 spiro atoms. The molecule has 0 aromatic carbocycles. The summed E-state index contributed by atoms with van der Waals surface area (Å²) in [5.41, 5.74) is 0. The number of aryl methyl sites for hydroxylation is 1. The summed E-state index contributed by atoms with van der Waals surface area (Å²) in [6.07, 6.45) is 4.71. The topological polar surface area (TPSA) is 56.2 Å². The number of thioether (sulfide) groups is 1. The molecule has 0 aliphatic heterocycles. The van der Waals surface area contributed by atoms with E-state index in [-0.39, 0.29) is 12.0 Å². The fourth-order valence-electron chi connectivity index (χ4n) is 1.32. The zero-order valence-corrected chi connectivity index (χ0v) is 11.3. The fraction of sp³-hybridized carbons (Fsp3) is 0.636. The molecular weight excluding hydrogens is 238 g/mol. The molecule has 1 unspecified atom stereocenters. The number of hydrogen-bond acceptors (Lipinski definition) is 5. The number of nitrogens with zero attached hydrogens (tertiary/aromatic N) is 2. The molecule has 1 atom stereocenters. The molecule has 0 bridgehead atoms. The molecule has 6 heteroatoms. The predicted molar refractivity (Wildman–Crippen MR) is 68.0 cm³/mol. The second kappa shape index (κ2) is 7.34. The van der Waals surface area contributed by atoms with E-state index in [0.717, 1.165) is 17.9 Å². The summed E-state index contributed by atoms with van der Waals surface area (Å²) in [4.78, 5) is 12.6. The lowest BCUT2D eigenvalue weighted by Crippen LogP contribution is -2.40. The van der Waals surface area contributed by atoms with Crippen molar-refractivity contribution in [3.8, 4) is 0 Å². The maximum atomic E-state index is 11.5. The Morgan fingerprint density at radius 2 is 2.47 bits per heavy atom. The molecule has 0 radical (unpaired) electrons. The van der Waals surface area contributed by atoms with Crippen molar-refractivity contribution in [2.45, 2.75) is 24.3 Å². The van der Waals surface area contributed by atoms with Gasteiger partial charge in [-0.15, -0.1) is 11.8 Å². The number of nitrogens with one attached hydrogen (secondary N) is 1. The normalized spacial score (nSPS) is 12.4. The van der Waals surface area contributed by atoms with Gasteiger partial charge in [-0.25, -0.2) is 0 Å². The maximum Gasteiger partial charge on any atom is 0.323 e. The molecular formula is C11H19N3O2S. The Bertz CT molecular complexity index is 354. The molecule has 1 rings (SSSR count). The lowest BCUT2D eigenvalue weighted by Gasteiger charge is -2.14. The van der Waals surface area contributed by atoms with Gasteiger partial charge in [0.05, 0.1) is 13.3 Å². The monoisotopic (exact) mass is 257 g/mol. The van der Waals surface area contributed by atoms with Crippen molar-refractivity contribution in [2.75, 3.05) is 19.4 Å². The van der Waals surface area contributed by atoms with Gasteiger partial charge in [-0.3, -0.25) is 9.48 Å². The molecule has 0 aliphatic rings. The molecule has 1 N–H and O–H groups in total. The van der Waals surface area contributed by atoms with Crippen molar-refractivity contribution in [1.82, 2.24) is 15.1 Å². The van der Waals surface area contributed by atoms with Crippen LogP contribution in [0.4, 0.5) is 0 Å². The van der Waals surface area contributed by atoms with Crippen LogP contribution in [0.15, 0.2) is 17.3 Å². The largest absolute Gasteiger partial charge is 0.468 e. The molecule has 96 valence electrons. The third-order valence-electron chi connectivity index (χ3n) is 2.22. The average molecular weight is 257 g/mol. The summed E-state index contributed by atoms with van der Waals surface area (Å²) in [7, 11) is 3.29. The maximum absolute atomic E-state index is 11.5. The zero-order chi connectivity index (χ0) is 12.7. The van der Waals surface area contributed by atoms with Gasteiger partial charge in [0, 0.05) is 23.9 Å².